The van der Waals surface area contributed by atoms with E-state index in [1.165, 1.54) is 23.5 Å². The molecule has 1 aromatic heterocycles. The number of nitrogens with one attached hydrogen (secondary N) is 1. The standard InChI is InChI=1S/C13H23NOS/c1-11(2)10-14-7-4-5-9-16-13-6-8-15-12(13)3/h6,8,11,14H,4-5,7,9-10H2,1-3H3. The van der Waals surface area contributed by atoms with Crippen LogP contribution in [0.15, 0.2) is 21.6 Å². The van der Waals surface area contributed by atoms with Crippen LogP contribution >= 0.6 is 11.8 Å². The van der Waals surface area contributed by atoms with Crippen molar-refractivity contribution >= 4 is 11.8 Å². The third-order valence-electron chi connectivity index (χ3n) is 2.37. The summed E-state index contributed by atoms with van der Waals surface area (Å²) in [4.78, 5) is 1.29. The second-order valence-corrected chi connectivity index (χ2v) is 5.63. The summed E-state index contributed by atoms with van der Waals surface area (Å²) in [6.45, 7) is 8.78. The molecule has 0 saturated heterocycles. The molecule has 1 rings (SSSR count). The Morgan fingerprint density at radius 3 is 2.81 bits per heavy atom. The maximum absolute atomic E-state index is 5.25. The summed E-state index contributed by atoms with van der Waals surface area (Å²) in [6, 6.07) is 2.05. The summed E-state index contributed by atoms with van der Waals surface area (Å²) in [5.74, 6) is 2.98. The molecule has 0 aliphatic carbocycles. The lowest BCUT2D eigenvalue weighted by molar-refractivity contribution is 0.526. The molecule has 0 spiro atoms. The predicted molar refractivity (Wildman–Crippen MR) is 71.1 cm³/mol. The topological polar surface area (TPSA) is 25.2 Å². The number of hydrogen-bond acceptors (Lipinski definition) is 3. The monoisotopic (exact) mass is 241 g/mol. The first kappa shape index (κ1) is 13.7. The Labute approximate surface area is 103 Å². The van der Waals surface area contributed by atoms with Crippen LogP contribution in [0.25, 0.3) is 0 Å². The quantitative estimate of drug-likeness (QED) is 0.555. The van der Waals surface area contributed by atoms with Gasteiger partial charge in [-0.05, 0) is 50.6 Å². The Balaban J connectivity index is 1.94. The van der Waals surface area contributed by atoms with Crippen LogP contribution in [0.3, 0.4) is 0 Å². The SMILES string of the molecule is Cc1occc1SCCCCNCC(C)C. The molecular weight excluding hydrogens is 218 g/mol. The van der Waals surface area contributed by atoms with Crippen LogP contribution in [-0.4, -0.2) is 18.8 Å². The van der Waals surface area contributed by atoms with Gasteiger partial charge in [-0.2, -0.15) is 0 Å². The maximum atomic E-state index is 5.25. The minimum absolute atomic E-state index is 0.753. The molecule has 3 heteroatoms. The highest BCUT2D eigenvalue weighted by Crippen LogP contribution is 2.23. The average molecular weight is 241 g/mol. The molecule has 0 radical (unpaired) electrons. The summed E-state index contributed by atoms with van der Waals surface area (Å²) in [5, 5.41) is 3.46. The first-order chi connectivity index (χ1) is 7.70. The Bertz CT molecular complexity index is 283. The van der Waals surface area contributed by atoms with E-state index in [1.807, 2.05) is 18.7 Å². The van der Waals surface area contributed by atoms with Gasteiger partial charge in [0.1, 0.15) is 5.76 Å². The van der Waals surface area contributed by atoms with Crippen molar-refractivity contribution < 1.29 is 4.42 Å². The van der Waals surface area contributed by atoms with Gasteiger partial charge in [-0.1, -0.05) is 13.8 Å². The van der Waals surface area contributed by atoms with E-state index in [9.17, 15) is 0 Å². The summed E-state index contributed by atoms with van der Waals surface area (Å²) < 4.78 is 5.25. The molecule has 0 amide bonds. The Morgan fingerprint density at radius 2 is 2.19 bits per heavy atom. The van der Waals surface area contributed by atoms with E-state index in [0.717, 1.165) is 24.8 Å². The van der Waals surface area contributed by atoms with Crippen molar-refractivity contribution in [3.05, 3.63) is 18.1 Å². The summed E-state index contributed by atoms with van der Waals surface area (Å²) >= 11 is 1.90. The van der Waals surface area contributed by atoms with E-state index >= 15 is 0 Å². The zero-order valence-corrected chi connectivity index (χ0v) is 11.4. The van der Waals surface area contributed by atoms with Crippen LogP contribution in [0.1, 0.15) is 32.4 Å². The third-order valence-corrected chi connectivity index (χ3v) is 3.60. The van der Waals surface area contributed by atoms with Gasteiger partial charge >= 0.3 is 0 Å². The molecule has 1 heterocycles. The number of aryl methyl sites for hydroxylation is 1. The van der Waals surface area contributed by atoms with Gasteiger partial charge in [-0.15, -0.1) is 11.8 Å². The minimum atomic E-state index is 0.753. The molecule has 16 heavy (non-hydrogen) atoms. The van der Waals surface area contributed by atoms with Gasteiger partial charge in [0.15, 0.2) is 0 Å². The van der Waals surface area contributed by atoms with Crippen LogP contribution in [0.2, 0.25) is 0 Å². The first-order valence-corrected chi connectivity index (χ1v) is 7.06. The van der Waals surface area contributed by atoms with Crippen LogP contribution < -0.4 is 5.32 Å². The van der Waals surface area contributed by atoms with E-state index in [-0.39, 0.29) is 0 Å². The zero-order chi connectivity index (χ0) is 11.8. The highest BCUT2D eigenvalue weighted by molar-refractivity contribution is 7.99. The Morgan fingerprint density at radius 1 is 1.38 bits per heavy atom. The van der Waals surface area contributed by atoms with Gasteiger partial charge in [0.05, 0.1) is 6.26 Å². The van der Waals surface area contributed by atoms with E-state index in [4.69, 9.17) is 4.42 Å². The van der Waals surface area contributed by atoms with Crippen molar-refractivity contribution in [1.29, 1.82) is 0 Å². The normalized spacial score (nSPS) is 11.2. The lowest BCUT2D eigenvalue weighted by atomic mass is 10.2. The van der Waals surface area contributed by atoms with Crippen molar-refractivity contribution in [3.63, 3.8) is 0 Å². The predicted octanol–water partition coefficient (Wildman–Crippen LogP) is 3.71. The van der Waals surface area contributed by atoms with Crippen LogP contribution in [0.5, 0.6) is 0 Å². The van der Waals surface area contributed by atoms with Crippen LogP contribution in [-0.2, 0) is 0 Å². The second kappa shape index (κ2) is 7.80. The molecule has 0 saturated carbocycles. The molecule has 0 aliphatic rings. The van der Waals surface area contributed by atoms with E-state index in [0.29, 0.717) is 0 Å². The van der Waals surface area contributed by atoms with Gasteiger partial charge in [-0.3, -0.25) is 0 Å². The molecule has 2 nitrogen and oxygen atoms in total. The molecular formula is C13H23NOS. The number of furan rings is 1. The lowest BCUT2D eigenvalue weighted by Gasteiger charge is -2.06. The van der Waals surface area contributed by atoms with Gasteiger partial charge in [0.25, 0.3) is 0 Å². The number of unbranched alkanes of at least 4 members (excludes halogenated alkanes) is 1. The molecule has 0 aromatic carbocycles. The van der Waals surface area contributed by atoms with Crippen molar-refractivity contribution in [1.82, 2.24) is 5.32 Å². The van der Waals surface area contributed by atoms with Crippen molar-refractivity contribution in [2.24, 2.45) is 5.92 Å². The fraction of sp³-hybridized carbons (Fsp3) is 0.692. The van der Waals surface area contributed by atoms with Gasteiger partial charge in [0, 0.05) is 4.90 Å². The maximum Gasteiger partial charge on any atom is 0.114 e. The number of hydrogen-bond donors (Lipinski definition) is 1. The van der Waals surface area contributed by atoms with E-state index in [1.54, 1.807) is 6.26 Å². The molecule has 0 fully saturated rings. The molecule has 1 aromatic rings. The van der Waals surface area contributed by atoms with Crippen molar-refractivity contribution in [2.45, 2.75) is 38.5 Å². The molecule has 0 aliphatic heterocycles. The summed E-state index contributed by atoms with van der Waals surface area (Å²) in [7, 11) is 0. The highest BCUT2D eigenvalue weighted by Gasteiger charge is 2.00. The van der Waals surface area contributed by atoms with Crippen LogP contribution in [0.4, 0.5) is 0 Å². The van der Waals surface area contributed by atoms with Crippen molar-refractivity contribution in [3.8, 4) is 0 Å². The van der Waals surface area contributed by atoms with Gasteiger partial charge < -0.3 is 9.73 Å². The van der Waals surface area contributed by atoms with E-state index in [2.05, 4.69) is 25.2 Å². The average Bonchev–Trinajstić information content (AvgIpc) is 2.62. The third kappa shape index (κ3) is 5.61. The smallest absolute Gasteiger partial charge is 0.114 e. The van der Waals surface area contributed by atoms with Gasteiger partial charge in [-0.25, -0.2) is 0 Å². The van der Waals surface area contributed by atoms with Crippen molar-refractivity contribution in [2.75, 3.05) is 18.8 Å². The highest BCUT2D eigenvalue weighted by atomic mass is 32.2. The number of rotatable bonds is 8. The number of thioether (sulfide) groups is 1. The van der Waals surface area contributed by atoms with E-state index < -0.39 is 0 Å². The lowest BCUT2D eigenvalue weighted by Crippen LogP contribution is -2.20. The minimum Gasteiger partial charge on any atom is -0.468 e. The Hall–Kier alpha value is -0.410. The molecule has 1 N–H and O–H groups in total. The Kier molecular flexibility index (Phi) is 6.65. The molecule has 92 valence electrons. The molecule has 0 bridgehead atoms. The molecule has 0 atom stereocenters. The largest absolute Gasteiger partial charge is 0.468 e. The summed E-state index contributed by atoms with van der Waals surface area (Å²) in [6.07, 6.45) is 4.29. The summed E-state index contributed by atoms with van der Waals surface area (Å²) in [5.41, 5.74) is 0. The first-order valence-electron chi connectivity index (χ1n) is 6.07. The fourth-order valence-corrected chi connectivity index (χ4v) is 2.42. The van der Waals surface area contributed by atoms with Crippen LogP contribution in [0, 0.1) is 12.8 Å². The second-order valence-electron chi connectivity index (χ2n) is 4.49. The fourth-order valence-electron chi connectivity index (χ4n) is 1.45. The zero-order valence-electron chi connectivity index (χ0n) is 10.6. The molecule has 0 unspecified atom stereocenters. The van der Waals surface area contributed by atoms with Gasteiger partial charge in [0.2, 0.25) is 0 Å².